The first-order valence-electron chi connectivity index (χ1n) is 42.6. The molecular formula is C88H153NO18. The van der Waals surface area contributed by atoms with E-state index < -0.39 is 124 Å². The number of aliphatic hydroxyl groups excluding tert-OH is 11. The average molecular weight is 1510 g/mol. The second-order valence-corrected chi connectivity index (χ2v) is 29.9. The van der Waals surface area contributed by atoms with Crippen LogP contribution in [0.2, 0.25) is 0 Å². The Balaban J connectivity index is 1.35. The molecule has 3 rings (SSSR count). The van der Waals surface area contributed by atoms with Gasteiger partial charge in [0.05, 0.1) is 38.6 Å². The number of rotatable bonds is 67. The minimum Gasteiger partial charge on any atom is -0.394 e. The van der Waals surface area contributed by atoms with Crippen LogP contribution in [0.4, 0.5) is 0 Å². The molecule has 1 amide bonds. The molecule has 0 bridgehead atoms. The van der Waals surface area contributed by atoms with E-state index in [9.17, 15) is 61.0 Å². The summed E-state index contributed by atoms with van der Waals surface area (Å²) in [7, 11) is 0. The lowest BCUT2D eigenvalue weighted by molar-refractivity contribution is -0.379. The van der Waals surface area contributed by atoms with Crippen LogP contribution in [0.1, 0.15) is 309 Å². The van der Waals surface area contributed by atoms with Gasteiger partial charge in [-0.3, -0.25) is 4.79 Å². The fourth-order valence-corrected chi connectivity index (χ4v) is 13.8. The Morgan fingerprint density at radius 2 is 0.645 bits per heavy atom. The summed E-state index contributed by atoms with van der Waals surface area (Å²) in [6.07, 6.45) is 66.0. The van der Waals surface area contributed by atoms with Gasteiger partial charge in [0.25, 0.3) is 0 Å². The Bertz CT molecular complexity index is 2360. The summed E-state index contributed by atoms with van der Waals surface area (Å²) in [5.74, 6) is -0.250. The lowest BCUT2D eigenvalue weighted by Crippen LogP contribution is -2.66. The monoisotopic (exact) mass is 1510 g/mol. The Morgan fingerprint density at radius 3 is 1.01 bits per heavy atom. The predicted molar refractivity (Wildman–Crippen MR) is 429 cm³/mol. The number of hydrogen-bond acceptors (Lipinski definition) is 18. The molecule has 19 heteroatoms. The van der Waals surface area contributed by atoms with Crippen molar-refractivity contribution < 1.29 is 89.4 Å². The molecule has 0 aromatic rings. The van der Waals surface area contributed by atoms with E-state index in [1.807, 2.05) is 0 Å². The van der Waals surface area contributed by atoms with Gasteiger partial charge in [0, 0.05) is 6.42 Å². The maximum Gasteiger partial charge on any atom is 0.220 e. The molecule has 19 nitrogen and oxygen atoms in total. The maximum atomic E-state index is 13.5. The van der Waals surface area contributed by atoms with Crippen LogP contribution in [-0.2, 0) is 33.2 Å². The molecule has 3 saturated heterocycles. The number of aliphatic hydroxyl groups is 11. The van der Waals surface area contributed by atoms with Gasteiger partial charge in [-0.15, -0.1) is 0 Å². The molecule has 0 aromatic carbocycles. The number of amides is 1. The lowest BCUT2D eigenvalue weighted by Gasteiger charge is -2.48. The molecule has 0 saturated carbocycles. The molecule has 3 fully saturated rings. The van der Waals surface area contributed by atoms with E-state index in [2.05, 4.69) is 129 Å². The summed E-state index contributed by atoms with van der Waals surface area (Å²) >= 11 is 0. The summed E-state index contributed by atoms with van der Waals surface area (Å²) in [5.41, 5.74) is 0. The Morgan fingerprint density at radius 1 is 0.346 bits per heavy atom. The second-order valence-electron chi connectivity index (χ2n) is 29.9. The van der Waals surface area contributed by atoms with Gasteiger partial charge in [0.1, 0.15) is 73.2 Å². The lowest BCUT2D eigenvalue weighted by atomic mass is 9.96. The van der Waals surface area contributed by atoms with Crippen LogP contribution in [0.25, 0.3) is 0 Å². The van der Waals surface area contributed by atoms with Gasteiger partial charge in [-0.05, 0) is 83.5 Å². The van der Waals surface area contributed by atoms with E-state index in [-0.39, 0.29) is 18.9 Å². The summed E-state index contributed by atoms with van der Waals surface area (Å²) in [6.45, 7) is 1.71. The molecule has 0 radical (unpaired) electrons. The SMILES string of the molecule is CC/C=C\C/C=C\C/C=C\C/C=C\C/C=C\C/C=C\C/C=C\C/C=C\C/C=C\CCCCCCCCCCCC(=O)NC(COC1OC(CO)C(OC2OC(CO)C(OC3OC(CO)C(O)C(O)C3O)C(O)C2O)C(O)C1O)C(O)CCCCCCCCCCCCCCCCCCCCCCCCCCC. The van der Waals surface area contributed by atoms with Crippen LogP contribution in [0.15, 0.2) is 109 Å². The zero-order valence-electron chi connectivity index (χ0n) is 66.3. The Kier molecular flexibility index (Phi) is 61.1. The molecule has 0 spiro atoms. The number of ether oxygens (including phenoxy) is 6. The zero-order chi connectivity index (χ0) is 77.4. The standard InChI is InChI=1S/C88H153NO18/c1-3-5-7-9-11-13-15-17-19-21-23-25-27-29-30-31-32-33-34-35-36-37-38-39-40-42-44-46-48-50-52-54-56-58-60-62-64-66-76(94)89-71(72(93)65-63-61-59-57-55-53-51-49-47-45-43-41-28-26-24-22-20-18-16-14-12-10-8-6-4-2)70-102-86-82(100)79(97)84(74(68-91)104-86)107-88-83(101)80(98)85(75(69-92)105-88)106-87-81(99)78(96)77(95)73(67-90)103-87/h5,7,11,13,17,19,23,25,29-30,32-33,35-36,38-39,42,44,71-75,77-88,90-93,95-101H,3-4,6,8-10,12,14-16,18,20-22,24,26-28,31,34,37,40-41,43,45-70H2,1-2H3,(H,89,94)/b7-5-,13-11-,19-17-,25-23-,30-29-,33-32-,36-35-,39-38-,44-42-. The van der Waals surface area contributed by atoms with E-state index in [1.165, 1.54) is 161 Å². The summed E-state index contributed by atoms with van der Waals surface area (Å²) in [4.78, 5) is 13.5. The second kappa shape index (κ2) is 67.0. The highest BCUT2D eigenvalue weighted by Crippen LogP contribution is 2.33. The van der Waals surface area contributed by atoms with E-state index >= 15 is 0 Å². The molecule has 12 N–H and O–H groups in total. The quantitative estimate of drug-likeness (QED) is 0.0199. The molecule has 0 aromatic heterocycles. The molecule has 17 atom stereocenters. The van der Waals surface area contributed by atoms with Crippen LogP contribution >= 0.6 is 0 Å². The van der Waals surface area contributed by atoms with E-state index in [4.69, 9.17) is 28.4 Å². The predicted octanol–water partition coefficient (Wildman–Crippen LogP) is 15.3. The molecule has 0 aliphatic carbocycles. The van der Waals surface area contributed by atoms with E-state index in [0.717, 1.165) is 116 Å². The molecule has 3 aliphatic heterocycles. The number of hydrogen-bond donors (Lipinski definition) is 12. The largest absolute Gasteiger partial charge is 0.394 e. The first-order valence-corrected chi connectivity index (χ1v) is 42.6. The molecule has 3 heterocycles. The van der Waals surface area contributed by atoms with Crippen LogP contribution in [0, 0.1) is 0 Å². The first-order chi connectivity index (χ1) is 52.3. The average Bonchev–Trinajstić information content (AvgIpc) is 0.781. The van der Waals surface area contributed by atoms with Gasteiger partial charge in [0.15, 0.2) is 18.9 Å². The maximum absolute atomic E-state index is 13.5. The van der Waals surface area contributed by atoms with Crippen molar-refractivity contribution in [1.29, 1.82) is 0 Å². The summed E-state index contributed by atoms with van der Waals surface area (Å²) < 4.78 is 34.6. The Hall–Kier alpha value is -3.55. The molecule has 618 valence electrons. The van der Waals surface area contributed by atoms with Crippen molar-refractivity contribution in [3.8, 4) is 0 Å². The fraction of sp³-hybridized carbons (Fsp3) is 0.784. The topological polar surface area (TPSA) is 307 Å². The van der Waals surface area contributed by atoms with Crippen molar-refractivity contribution in [3.05, 3.63) is 109 Å². The van der Waals surface area contributed by atoms with Crippen molar-refractivity contribution in [2.45, 2.75) is 413 Å². The van der Waals surface area contributed by atoms with Crippen LogP contribution < -0.4 is 5.32 Å². The summed E-state index contributed by atoms with van der Waals surface area (Å²) in [5, 5.41) is 121. The van der Waals surface area contributed by atoms with Crippen molar-refractivity contribution in [2.24, 2.45) is 0 Å². The number of carbonyl (C=O) groups is 1. The third-order valence-corrected chi connectivity index (χ3v) is 20.6. The first kappa shape index (κ1) is 97.6. The highest BCUT2D eigenvalue weighted by atomic mass is 16.8. The number of allylic oxidation sites excluding steroid dienone is 18. The van der Waals surface area contributed by atoms with Crippen LogP contribution in [-0.4, -0.2) is 193 Å². The molecular weight excluding hydrogens is 1360 g/mol. The number of unbranched alkanes of at least 4 members (excludes halogenated alkanes) is 33. The van der Waals surface area contributed by atoms with Crippen molar-refractivity contribution in [3.63, 3.8) is 0 Å². The third-order valence-electron chi connectivity index (χ3n) is 20.6. The van der Waals surface area contributed by atoms with Crippen molar-refractivity contribution in [2.75, 3.05) is 26.4 Å². The van der Waals surface area contributed by atoms with E-state index in [0.29, 0.717) is 12.8 Å². The van der Waals surface area contributed by atoms with E-state index in [1.54, 1.807) is 0 Å². The smallest absolute Gasteiger partial charge is 0.220 e. The van der Waals surface area contributed by atoms with Gasteiger partial charge >= 0.3 is 0 Å². The van der Waals surface area contributed by atoms with Gasteiger partial charge in [-0.1, -0.05) is 329 Å². The normalized spacial score (nSPS) is 26.1. The fourth-order valence-electron chi connectivity index (χ4n) is 13.8. The summed E-state index contributed by atoms with van der Waals surface area (Å²) in [6, 6.07) is -0.900. The zero-order valence-corrected chi connectivity index (χ0v) is 66.3. The Labute approximate surface area is 646 Å². The number of carbonyl (C=O) groups excluding carboxylic acids is 1. The highest BCUT2D eigenvalue weighted by molar-refractivity contribution is 5.76. The minimum absolute atomic E-state index is 0.250. The molecule has 107 heavy (non-hydrogen) atoms. The van der Waals surface area contributed by atoms with Gasteiger partial charge < -0.3 is 89.9 Å². The van der Waals surface area contributed by atoms with Crippen molar-refractivity contribution in [1.82, 2.24) is 5.32 Å². The number of nitrogens with one attached hydrogen (secondary N) is 1. The van der Waals surface area contributed by atoms with Crippen LogP contribution in [0.3, 0.4) is 0 Å². The highest BCUT2D eigenvalue weighted by Gasteiger charge is 2.54. The van der Waals surface area contributed by atoms with Gasteiger partial charge in [-0.2, -0.15) is 0 Å². The molecule has 3 aliphatic rings. The van der Waals surface area contributed by atoms with Gasteiger partial charge in [0.2, 0.25) is 5.91 Å². The van der Waals surface area contributed by atoms with Crippen LogP contribution in [0.5, 0.6) is 0 Å². The third kappa shape index (κ3) is 46.3. The minimum atomic E-state index is -1.98. The molecule has 17 unspecified atom stereocenters. The van der Waals surface area contributed by atoms with Crippen molar-refractivity contribution >= 4 is 5.91 Å². The van der Waals surface area contributed by atoms with Gasteiger partial charge in [-0.25, -0.2) is 0 Å².